The first-order chi connectivity index (χ1) is 15.1. The van der Waals surface area contributed by atoms with Gasteiger partial charge in [0, 0.05) is 40.3 Å². The molecule has 0 aliphatic carbocycles. The minimum absolute atomic E-state index is 0.237. The maximum absolute atomic E-state index is 13.0. The van der Waals surface area contributed by atoms with E-state index in [1.807, 2.05) is 12.1 Å². The van der Waals surface area contributed by atoms with E-state index in [0.717, 1.165) is 10.1 Å². The normalized spacial score (nSPS) is 16.3. The number of benzene rings is 1. The van der Waals surface area contributed by atoms with Crippen molar-refractivity contribution in [1.82, 2.24) is 27.9 Å². The van der Waals surface area contributed by atoms with Gasteiger partial charge in [-0.2, -0.15) is 4.31 Å². The van der Waals surface area contributed by atoms with E-state index in [1.165, 1.54) is 15.9 Å². The first kappa shape index (κ1) is 22.4. The average Bonchev–Trinajstić information content (AvgIpc) is 3.20. The van der Waals surface area contributed by atoms with E-state index in [4.69, 9.17) is 0 Å². The van der Waals surface area contributed by atoms with Crippen LogP contribution in [0.1, 0.15) is 25.3 Å². The van der Waals surface area contributed by atoms with Crippen molar-refractivity contribution < 1.29 is 8.42 Å². The van der Waals surface area contributed by atoms with Crippen LogP contribution >= 0.6 is 0 Å². The smallest absolute Gasteiger partial charge is 0.303 e. The highest BCUT2D eigenvalue weighted by atomic mass is 32.2. The lowest BCUT2D eigenvalue weighted by Gasteiger charge is -2.34. The molecule has 0 amide bonds. The topological polar surface area (TPSA) is 102 Å². The minimum atomic E-state index is -3.55. The van der Waals surface area contributed by atoms with Crippen LogP contribution in [0.25, 0.3) is 11.2 Å². The van der Waals surface area contributed by atoms with Gasteiger partial charge in [-0.25, -0.2) is 18.2 Å². The second-order valence-electron chi connectivity index (χ2n) is 8.48. The lowest BCUT2D eigenvalue weighted by atomic mass is 10.0. The number of imidazole rings is 1. The van der Waals surface area contributed by atoms with Gasteiger partial charge in [0.2, 0.25) is 10.0 Å². The number of nitrogens with zero attached hydrogens (tertiary/aromatic N) is 6. The maximum atomic E-state index is 13.0. The molecule has 1 saturated heterocycles. The van der Waals surface area contributed by atoms with Crippen LogP contribution in [0.4, 0.5) is 0 Å². The van der Waals surface area contributed by atoms with Gasteiger partial charge in [0.15, 0.2) is 11.2 Å². The third kappa shape index (κ3) is 3.80. The van der Waals surface area contributed by atoms with Crippen LogP contribution in [0.5, 0.6) is 0 Å². The van der Waals surface area contributed by atoms with E-state index < -0.39 is 21.3 Å². The lowest BCUT2D eigenvalue weighted by molar-refractivity contribution is 0.153. The van der Waals surface area contributed by atoms with Gasteiger partial charge in [-0.15, -0.1) is 0 Å². The third-order valence-electron chi connectivity index (χ3n) is 6.08. The maximum Gasteiger partial charge on any atom is 0.332 e. The van der Waals surface area contributed by atoms with Crippen LogP contribution < -0.4 is 11.2 Å². The summed E-state index contributed by atoms with van der Waals surface area (Å²) in [6, 6.07) is 7.09. The molecule has 0 unspecified atom stereocenters. The molecule has 0 atom stereocenters. The Labute approximate surface area is 186 Å². The van der Waals surface area contributed by atoms with Crippen molar-refractivity contribution >= 4 is 21.2 Å². The quantitative estimate of drug-likeness (QED) is 0.550. The fourth-order valence-electron chi connectivity index (χ4n) is 4.04. The molecule has 0 N–H and O–H groups in total. The van der Waals surface area contributed by atoms with Crippen LogP contribution in [0.15, 0.2) is 45.1 Å². The molecule has 2 aromatic heterocycles. The molecule has 32 heavy (non-hydrogen) atoms. The van der Waals surface area contributed by atoms with Crippen LogP contribution in [0.3, 0.4) is 0 Å². The molecule has 1 aromatic carbocycles. The fourth-order valence-corrected chi connectivity index (χ4v) is 5.47. The molecule has 0 radical (unpaired) electrons. The molecule has 3 aromatic rings. The number of rotatable bonds is 5. The van der Waals surface area contributed by atoms with Crippen molar-refractivity contribution in [2.24, 2.45) is 14.1 Å². The second kappa shape index (κ2) is 8.30. The average molecular weight is 461 g/mol. The zero-order chi connectivity index (χ0) is 23.2. The number of aromatic nitrogens is 4. The van der Waals surface area contributed by atoms with Gasteiger partial charge in [0.1, 0.15) is 0 Å². The second-order valence-corrected chi connectivity index (χ2v) is 10.4. The molecule has 11 heteroatoms. The molecule has 3 heterocycles. The van der Waals surface area contributed by atoms with Gasteiger partial charge in [0.25, 0.3) is 5.56 Å². The molecule has 10 nitrogen and oxygen atoms in total. The highest BCUT2D eigenvalue weighted by Crippen LogP contribution is 2.21. The Morgan fingerprint density at radius 3 is 2.19 bits per heavy atom. The van der Waals surface area contributed by atoms with Gasteiger partial charge in [-0.1, -0.05) is 26.0 Å². The molecular weight excluding hydrogens is 432 g/mol. The predicted octanol–water partition coefficient (Wildman–Crippen LogP) is 0.521. The number of fused-ring (bicyclic) bond motifs is 1. The van der Waals surface area contributed by atoms with Crippen molar-refractivity contribution in [3.63, 3.8) is 0 Å². The Bertz CT molecular complexity index is 1360. The molecule has 4 rings (SSSR count). The van der Waals surface area contributed by atoms with Crippen LogP contribution in [-0.4, -0.2) is 62.5 Å². The highest BCUT2D eigenvalue weighted by molar-refractivity contribution is 7.89. The molecule has 0 saturated carbocycles. The SMILES string of the molecule is CC(C)c1ccc(S(=O)(=O)N2CCN(Cn3cnc4c(=O)n(C)c(=O)n(C)c43)CC2)cc1. The van der Waals surface area contributed by atoms with Crippen LogP contribution in [0, 0.1) is 0 Å². The summed E-state index contributed by atoms with van der Waals surface area (Å²) in [4.78, 5) is 31.2. The molecule has 0 spiro atoms. The summed E-state index contributed by atoms with van der Waals surface area (Å²) >= 11 is 0. The summed E-state index contributed by atoms with van der Waals surface area (Å²) in [5.41, 5.74) is 0.953. The number of aryl methyl sites for hydroxylation is 1. The Morgan fingerprint density at radius 2 is 1.59 bits per heavy atom. The Hall–Kier alpha value is -2.76. The number of sulfonamides is 1. The Balaban J connectivity index is 1.49. The third-order valence-corrected chi connectivity index (χ3v) is 7.99. The molecule has 1 aliphatic rings. The van der Waals surface area contributed by atoms with Crippen molar-refractivity contribution in [1.29, 1.82) is 0 Å². The standard InChI is InChI=1S/C21H28N6O4S/c1-15(2)16-5-7-17(8-6-16)32(30,31)27-11-9-25(10-12-27)14-26-13-22-18-19(26)23(3)21(29)24(4)20(18)28/h5-8,13,15H,9-12,14H2,1-4H3. The van der Waals surface area contributed by atoms with Crippen LogP contribution in [-0.2, 0) is 30.8 Å². The Morgan fingerprint density at radius 1 is 0.969 bits per heavy atom. The summed E-state index contributed by atoms with van der Waals surface area (Å²) < 4.78 is 31.8. The number of hydrogen-bond donors (Lipinski definition) is 0. The van der Waals surface area contributed by atoms with Gasteiger partial charge in [0.05, 0.1) is 17.9 Å². The van der Waals surface area contributed by atoms with Crippen LogP contribution in [0.2, 0.25) is 0 Å². The van der Waals surface area contributed by atoms with E-state index in [0.29, 0.717) is 49.3 Å². The van der Waals surface area contributed by atoms with Gasteiger partial charge in [-0.3, -0.25) is 18.8 Å². The van der Waals surface area contributed by atoms with Crippen molar-refractivity contribution in [3.8, 4) is 0 Å². The van der Waals surface area contributed by atoms with Crippen molar-refractivity contribution in [2.45, 2.75) is 31.3 Å². The predicted molar refractivity (Wildman–Crippen MR) is 121 cm³/mol. The highest BCUT2D eigenvalue weighted by Gasteiger charge is 2.29. The first-order valence-electron chi connectivity index (χ1n) is 10.5. The molecule has 172 valence electrons. The van der Waals surface area contributed by atoms with E-state index in [-0.39, 0.29) is 5.52 Å². The van der Waals surface area contributed by atoms with Gasteiger partial charge < -0.3 is 4.57 Å². The fraction of sp³-hybridized carbons (Fsp3) is 0.476. The molecular formula is C21H28N6O4S. The van der Waals surface area contributed by atoms with E-state index >= 15 is 0 Å². The number of hydrogen-bond acceptors (Lipinski definition) is 6. The summed E-state index contributed by atoms with van der Waals surface area (Å²) in [5, 5.41) is 0. The monoisotopic (exact) mass is 460 g/mol. The van der Waals surface area contributed by atoms with Gasteiger partial charge in [-0.05, 0) is 23.6 Å². The number of piperazine rings is 1. The molecule has 1 fully saturated rings. The van der Waals surface area contributed by atoms with E-state index in [9.17, 15) is 18.0 Å². The van der Waals surface area contributed by atoms with Crippen molar-refractivity contribution in [3.05, 3.63) is 57.0 Å². The summed E-state index contributed by atoms with van der Waals surface area (Å²) in [6.07, 6.45) is 1.55. The Kier molecular flexibility index (Phi) is 5.82. The largest absolute Gasteiger partial charge is 0.332 e. The minimum Gasteiger partial charge on any atom is -0.303 e. The first-order valence-corrected chi connectivity index (χ1v) is 12.0. The lowest BCUT2D eigenvalue weighted by Crippen LogP contribution is -2.48. The molecule has 0 bridgehead atoms. The molecule has 1 aliphatic heterocycles. The summed E-state index contributed by atoms with van der Waals surface area (Å²) in [5.74, 6) is 0.342. The van der Waals surface area contributed by atoms with E-state index in [2.05, 4.69) is 23.7 Å². The van der Waals surface area contributed by atoms with E-state index in [1.54, 1.807) is 30.1 Å². The zero-order valence-corrected chi connectivity index (χ0v) is 19.5. The van der Waals surface area contributed by atoms with Crippen molar-refractivity contribution in [2.75, 3.05) is 26.2 Å². The summed E-state index contributed by atoms with van der Waals surface area (Å²) in [6.45, 7) is 6.34. The summed E-state index contributed by atoms with van der Waals surface area (Å²) in [7, 11) is -0.511. The van der Waals surface area contributed by atoms with Gasteiger partial charge >= 0.3 is 5.69 Å². The zero-order valence-electron chi connectivity index (χ0n) is 18.7.